The summed E-state index contributed by atoms with van der Waals surface area (Å²) >= 11 is 0. The molecule has 6 nitrogen and oxygen atoms in total. The van der Waals surface area contributed by atoms with Crippen molar-refractivity contribution in [2.75, 3.05) is 18.5 Å². The van der Waals surface area contributed by atoms with Crippen LogP contribution in [0.1, 0.15) is 65.5 Å². The zero-order valence-corrected chi connectivity index (χ0v) is 22.5. The van der Waals surface area contributed by atoms with Crippen LogP contribution in [0.2, 0.25) is 0 Å². The zero-order valence-electron chi connectivity index (χ0n) is 22.5. The standard InChI is InChI=1S/C29H44N2O4/c1-8-24(14-21(6)17-32)28(20(4)5)31-26-15-23(10-9-22(26)7)16-30-27(13-19(2)3)29(33)35-25-11-12-34-18-25/h8-10,14-15,17,19-20,25,27-28,30-31H,11-13,16,18H2,1-7H3/b21-14-,24-8+. The highest BCUT2D eigenvalue weighted by Gasteiger charge is 2.26. The Balaban J connectivity index is 2.15. The van der Waals surface area contributed by atoms with Gasteiger partial charge in [-0.3, -0.25) is 9.59 Å². The second-order valence-electron chi connectivity index (χ2n) is 10.3. The molecule has 1 aliphatic rings. The molecule has 0 spiro atoms. The molecule has 194 valence electrons. The van der Waals surface area contributed by atoms with Gasteiger partial charge in [0.25, 0.3) is 0 Å². The van der Waals surface area contributed by atoms with Crippen LogP contribution in [-0.2, 0) is 25.6 Å². The predicted octanol–water partition coefficient (Wildman–Crippen LogP) is 5.36. The topological polar surface area (TPSA) is 76.7 Å². The number of anilines is 1. The molecule has 2 rings (SSSR count). The van der Waals surface area contributed by atoms with E-state index in [2.05, 4.69) is 69.5 Å². The highest BCUT2D eigenvalue weighted by molar-refractivity contribution is 5.76. The third-order valence-corrected chi connectivity index (χ3v) is 6.27. The van der Waals surface area contributed by atoms with Crippen LogP contribution in [0, 0.1) is 18.8 Å². The zero-order chi connectivity index (χ0) is 26.0. The smallest absolute Gasteiger partial charge is 0.323 e. The molecule has 0 amide bonds. The maximum Gasteiger partial charge on any atom is 0.323 e. The van der Waals surface area contributed by atoms with Crippen LogP contribution in [0.15, 0.2) is 41.5 Å². The number of aryl methyl sites for hydroxylation is 1. The molecule has 0 aromatic heterocycles. The minimum Gasteiger partial charge on any atom is -0.459 e. The highest BCUT2D eigenvalue weighted by Crippen LogP contribution is 2.25. The number of carbonyl (C=O) groups is 2. The molecule has 1 aromatic rings. The fourth-order valence-electron chi connectivity index (χ4n) is 4.21. The molecule has 2 N–H and O–H groups in total. The molecule has 1 heterocycles. The van der Waals surface area contributed by atoms with E-state index in [0.717, 1.165) is 35.1 Å². The molecule has 35 heavy (non-hydrogen) atoms. The highest BCUT2D eigenvalue weighted by atomic mass is 16.6. The fraction of sp³-hybridized carbons (Fsp3) is 0.586. The van der Waals surface area contributed by atoms with Crippen molar-refractivity contribution < 1.29 is 19.1 Å². The monoisotopic (exact) mass is 484 g/mol. The largest absolute Gasteiger partial charge is 0.459 e. The van der Waals surface area contributed by atoms with Crippen molar-refractivity contribution in [3.63, 3.8) is 0 Å². The van der Waals surface area contributed by atoms with Gasteiger partial charge in [-0.2, -0.15) is 0 Å². The van der Waals surface area contributed by atoms with Gasteiger partial charge in [-0.15, -0.1) is 0 Å². The fourth-order valence-corrected chi connectivity index (χ4v) is 4.21. The summed E-state index contributed by atoms with van der Waals surface area (Å²) in [4.78, 5) is 24.0. The molecule has 0 saturated carbocycles. The number of allylic oxidation sites excluding steroid dienone is 2. The maximum atomic E-state index is 12.8. The normalized spacial score (nSPS) is 18.6. The molecular formula is C29H44N2O4. The molecule has 0 aliphatic carbocycles. The van der Waals surface area contributed by atoms with Gasteiger partial charge in [0, 0.05) is 18.7 Å². The maximum absolute atomic E-state index is 12.8. The van der Waals surface area contributed by atoms with E-state index >= 15 is 0 Å². The van der Waals surface area contributed by atoms with Crippen LogP contribution >= 0.6 is 0 Å². The molecule has 6 heteroatoms. The minimum absolute atomic E-state index is 0.0640. The van der Waals surface area contributed by atoms with E-state index in [9.17, 15) is 9.59 Å². The summed E-state index contributed by atoms with van der Waals surface area (Å²) in [5, 5.41) is 7.13. The molecule has 1 aliphatic heterocycles. The van der Waals surface area contributed by atoms with Crippen molar-refractivity contribution in [2.24, 2.45) is 11.8 Å². The first kappa shape index (κ1) is 28.8. The number of ether oxygens (including phenoxy) is 2. The van der Waals surface area contributed by atoms with Crippen molar-refractivity contribution in [1.82, 2.24) is 5.32 Å². The quantitative estimate of drug-likeness (QED) is 0.170. The van der Waals surface area contributed by atoms with Gasteiger partial charge in [-0.05, 0) is 67.4 Å². The molecule has 1 fully saturated rings. The van der Waals surface area contributed by atoms with Crippen LogP contribution in [0.5, 0.6) is 0 Å². The lowest BCUT2D eigenvalue weighted by Gasteiger charge is -2.27. The average molecular weight is 485 g/mol. The number of carbonyl (C=O) groups excluding carboxylic acids is 2. The van der Waals surface area contributed by atoms with Gasteiger partial charge in [0.05, 0.1) is 19.3 Å². The van der Waals surface area contributed by atoms with Crippen molar-refractivity contribution in [2.45, 2.75) is 86.0 Å². The van der Waals surface area contributed by atoms with E-state index in [1.165, 1.54) is 0 Å². The molecule has 3 unspecified atom stereocenters. The van der Waals surface area contributed by atoms with Crippen molar-refractivity contribution >= 4 is 17.9 Å². The van der Waals surface area contributed by atoms with E-state index in [1.807, 2.05) is 19.9 Å². The summed E-state index contributed by atoms with van der Waals surface area (Å²) in [6.45, 7) is 16.2. The van der Waals surface area contributed by atoms with Crippen LogP contribution in [0.4, 0.5) is 5.69 Å². The van der Waals surface area contributed by atoms with Crippen LogP contribution in [-0.4, -0.2) is 43.7 Å². The van der Waals surface area contributed by atoms with E-state index < -0.39 is 0 Å². The lowest BCUT2D eigenvalue weighted by molar-refractivity contribution is -0.152. The SMILES string of the molecule is C/C=C(\C=C(\C)C=O)C(Nc1cc(CNC(CC(C)C)C(=O)OC2CCOC2)ccc1C)C(C)C. The number of rotatable bonds is 13. The summed E-state index contributed by atoms with van der Waals surface area (Å²) in [5.41, 5.74) is 5.07. The number of nitrogens with one attached hydrogen (secondary N) is 2. The summed E-state index contributed by atoms with van der Waals surface area (Å²) in [7, 11) is 0. The third-order valence-electron chi connectivity index (χ3n) is 6.27. The second-order valence-corrected chi connectivity index (χ2v) is 10.3. The Morgan fingerprint density at radius 2 is 2.00 bits per heavy atom. The Bertz CT molecular complexity index is 898. The van der Waals surface area contributed by atoms with Gasteiger partial charge in [0.2, 0.25) is 0 Å². The first-order valence-electron chi connectivity index (χ1n) is 12.8. The summed E-state index contributed by atoms with van der Waals surface area (Å²) in [6, 6.07) is 6.04. The van der Waals surface area contributed by atoms with Crippen molar-refractivity contribution in [1.29, 1.82) is 0 Å². The van der Waals surface area contributed by atoms with Gasteiger partial charge >= 0.3 is 5.97 Å². The first-order valence-corrected chi connectivity index (χ1v) is 12.8. The van der Waals surface area contributed by atoms with E-state index in [4.69, 9.17) is 9.47 Å². The van der Waals surface area contributed by atoms with Gasteiger partial charge in [-0.1, -0.05) is 52.0 Å². The molecule has 3 atom stereocenters. The van der Waals surface area contributed by atoms with Crippen molar-refractivity contribution in [3.8, 4) is 0 Å². The summed E-state index contributed by atoms with van der Waals surface area (Å²) in [6.07, 6.45) is 6.23. The van der Waals surface area contributed by atoms with Gasteiger partial charge in [0.1, 0.15) is 18.4 Å². The van der Waals surface area contributed by atoms with E-state index in [0.29, 0.717) is 43.6 Å². The summed E-state index contributed by atoms with van der Waals surface area (Å²) < 4.78 is 11.0. The molecular weight excluding hydrogens is 440 g/mol. The number of hydrogen-bond acceptors (Lipinski definition) is 6. The van der Waals surface area contributed by atoms with Gasteiger partial charge < -0.3 is 20.1 Å². The summed E-state index contributed by atoms with van der Waals surface area (Å²) in [5.74, 6) is 0.487. The molecule has 0 bridgehead atoms. The lowest BCUT2D eigenvalue weighted by atomic mass is 9.93. The van der Waals surface area contributed by atoms with E-state index in [1.54, 1.807) is 0 Å². The Morgan fingerprint density at radius 3 is 2.57 bits per heavy atom. The minimum atomic E-state index is -0.359. The Kier molecular flexibility index (Phi) is 11.7. The van der Waals surface area contributed by atoms with E-state index in [-0.39, 0.29) is 24.2 Å². The molecule has 1 saturated heterocycles. The predicted molar refractivity (Wildman–Crippen MR) is 142 cm³/mol. The Labute approximate surface area is 211 Å². The Morgan fingerprint density at radius 1 is 1.26 bits per heavy atom. The number of hydrogen-bond donors (Lipinski definition) is 2. The number of aldehydes is 1. The third kappa shape index (κ3) is 9.26. The van der Waals surface area contributed by atoms with Gasteiger partial charge in [-0.25, -0.2) is 0 Å². The van der Waals surface area contributed by atoms with Crippen molar-refractivity contribution in [3.05, 3.63) is 52.6 Å². The lowest BCUT2D eigenvalue weighted by Crippen LogP contribution is -2.40. The van der Waals surface area contributed by atoms with Gasteiger partial charge in [0.15, 0.2) is 0 Å². The van der Waals surface area contributed by atoms with Crippen LogP contribution < -0.4 is 10.6 Å². The Hall–Kier alpha value is -2.44. The van der Waals surface area contributed by atoms with Crippen LogP contribution in [0.25, 0.3) is 0 Å². The molecule has 1 aromatic carbocycles. The number of esters is 1. The molecule has 0 radical (unpaired) electrons. The van der Waals surface area contributed by atoms with Crippen LogP contribution in [0.3, 0.4) is 0 Å². The number of benzene rings is 1. The first-order chi connectivity index (χ1) is 16.6. The average Bonchev–Trinajstić information content (AvgIpc) is 3.32. The second kappa shape index (κ2) is 14.2.